The molecule has 1 heterocycles. The molecule has 0 unspecified atom stereocenters. The minimum atomic E-state index is -0.805. The standard InChI is InChI=1S/C15H11F2N5O/c1-9-4-13(2-3-14(9)22-8-18-20-21-22)19-15(23)10-5-11(16)7-12(17)6-10/h2-8H,1H3,(H,19,23). The quantitative estimate of drug-likeness (QED) is 0.806. The molecule has 0 aliphatic heterocycles. The van der Waals surface area contributed by atoms with Crippen molar-refractivity contribution in [1.82, 2.24) is 20.2 Å². The van der Waals surface area contributed by atoms with Gasteiger partial charge in [-0.25, -0.2) is 13.5 Å². The number of rotatable bonds is 3. The maximum atomic E-state index is 13.2. The van der Waals surface area contributed by atoms with E-state index in [1.54, 1.807) is 18.2 Å². The Kier molecular flexibility index (Phi) is 3.80. The summed E-state index contributed by atoms with van der Waals surface area (Å²) in [6.45, 7) is 1.83. The van der Waals surface area contributed by atoms with Crippen LogP contribution < -0.4 is 5.32 Å². The van der Waals surface area contributed by atoms with Gasteiger partial charge in [-0.15, -0.1) is 5.10 Å². The van der Waals surface area contributed by atoms with Gasteiger partial charge in [0.2, 0.25) is 0 Å². The van der Waals surface area contributed by atoms with Gasteiger partial charge in [-0.2, -0.15) is 0 Å². The van der Waals surface area contributed by atoms with Crippen LogP contribution in [-0.2, 0) is 0 Å². The monoisotopic (exact) mass is 315 g/mol. The molecule has 23 heavy (non-hydrogen) atoms. The molecule has 3 aromatic rings. The van der Waals surface area contributed by atoms with Crippen LogP contribution in [0.4, 0.5) is 14.5 Å². The van der Waals surface area contributed by atoms with E-state index in [1.807, 2.05) is 6.92 Å². The van der Waals surface area contributed by atoms with Crippen molar-refractivity contribution < 1.29 is 13.6 Å². The highest BCUT2D eigenvalue weighted by atomic mass is 19.1. The summed E-state index contributed by atoms with van der Waals surface area (Å²) in [5.74, 6) is -2.21. The summed E-state index contributed by atoms with van der Waals surface area (Å²) in [4.78, 5) is 12.1. The number of nitrogens with one attached hydrogen (secondary N) is 1. The number of benzene rings is 2. The molecule has 1 amide bonds. The molecule has 0 aliphatic rings. The number of amides is 1. The molecule has 0 saturated carbocycles. The third kappa shape index (κ3) is 3.20. The topological polar surface area (TPSA) is 72.7 Å². The highest BCUT2D eigenvalue weighted by Gasteiger charge is 2.11. The van der Waals surface area contributed by atoms with Crippen LogP contribution in [-0.4, -0.2) is 26.1 Å². The minimum absolute atomic E-state index is 0.0929. The van der Waals surface area contributed by atoms with Crippen molar-refractivity contribution >= 4 is 11.6 Å². The molecule has 0 atom stereocenters. The fourth-order valence-electron chi connectivity index (χ4n) is 2.15. The Hall–Kier alpha value is -3.16. The largest absolute Gasteiger partial charge is 0.322 e. The molecule has 3 rings (SSSR count). The van der Waals surface area contributed by atoms with Crippen LogP contribution in [0.1, 0.15) is 15.9 Å². The van der Waals surface area contributed by atoms with Crippen LogP contribution in [0.3, 0.4) is 0 Å². The molecule has 0 bridgehead atoms. The van der Waals surface area contributed by atoms with Crippen molar-refractivity contribution in [2.24, 2.45) is 0 Å². The number of carbonyl (C=O) groups excluding carboxylic acids is 1. The number of hydrogen-bond donors (Lipinski definition) is 1. The van der Waals surface area contributed by atoms with Crippen molar-refractivity contribution in [3.05, 3.63) is 65.5 Å². The second kappa shape index (κ2) is 5.91. The van der Waals surface area contributed by atoms with Crippen LogP contribution >= 0.6 is 0 Å². The number of halogens is 2. The zero-order chi connectivity index (χ0) is 16.4. The Balaban J connectivity index is 1.83. The molecular formula is C15H11F2N5O. The summed E-state index contributed by atoms with van der Waals surface area (Å²) in [7, 11) is 0. The van der Waals surface area contributed by atoms with Gasteiger partial charge in [0, 0.05) is 17.3 Å². The average molecular weight is 315 g/mol. The summed E-state index contributed by atoms with van der Waals surface area (Å²) < 4.78 is 27.8. The Morgan fingerprint density at radius 2 is 1.87 bits per heavy atom. The molecule has 2 aromatic carbocycles. The van der Waals surface area contributed by atoms with E-state index in [4.69, 9.17) is 0 Å². The van der Waals surface area contributed by atoms with Crippen molar-refractivity contribution in [3.8, 4) is 5.69 Å². The molecular weight excluding hydrogens is 304 g/mol. The third-order valence-corrected chi connectivity index (χ3v) is 3.18. The van der Waals surface area contributed by atoms with Gasteiger partial charge in [0.1, 0.15) is 18.0 Å². The molecule has 116 valence electrons. The van der Waals surface area contributed by atoms with Crippen LogP contribution in [0.5, 0.6) is 0 Å². The highest BCUT2D eigenvalue weighted by Crippen LogP contribution is 2.19. The first-order valence-corrected chi connectivity index (χ1v) is 6.64. The second-order valence-electron chi connectivity index (χ2n) is 4.87. The zero-order valence-electron chi connectivity index (χ0n) is 12.0. The van der Waals surface area contributed by atoms with Crippen LogP contribution in [0.2, 0.25) is 0 Å². The summed E-state index contributed by atoms with van der Waals surface area (Å²) in [6, 6.07) is 7.75. The Morgan fingerprint density at radius 1 is 1.13 bits per heavy atom. The summed E-state index contributed by atoms with van der Waals surface area (Å²) in [6.07, 6.45) is 1.45. The summed E-state index contributed by atoms with van der Waals surface area (Å²) >= 11 is 0. The first kappa shape index (κ1) is 14.8. The normalized spacial score (nSPS) is 10.6. The van der Waals surface area contributed by atoms with E-state index in [9.17, 15) is 13.6 Å². The second-order valence-corrected chi connectivity index (χ2v) is 4.87. The van der Waals surface area contributed by atoms with E-state index in [0.29, 0.717) is 11.8 Å². The van der Waals surface area contributed by atoms with Crippen LogP contribution in [0.15, 0.2) is 42.7 Å². The molecule has 0 aliphatic carbocycles. The summed E-state index contributed by atoms with van der Waals surface area (Å²) in [5.41, 5.74) is 1.98. The highest BCUT2D eigenvalue weighted by molar-refractivity contribution is 6.04. The predicted octanol–water partition coefficient (Wildman–Crippen LogP) is 2.50. The van der Waals surface area contributed by atoms with E-state index in [-0.39, 0.29) is 5.56 Å². The van der Waals surface area contributed by atoms with Gasteiger partial charge >= 0.3 is 0 Å². The van der Waals surface area contributed by atoms with Crippen molar-refractivity contribution in [2.75, 3.05) is 5.32 Å². The van der Waals surface area contributed by atoms with Crippen molar-refractivity contribution in [1.29, 1.82) is 0 Å². The van der Waals surface area contributed by atoms with E-state index in [0.717, 1.165) is 23.4 Å². The smallest absolute Gasteiger partial charge is 0.255 e. The van der Waals surface area contributed by atoms with Gasteiger partial charge in [-0.3, -0.25) is 4.79 Å². The van der Waals surface area contributed by atoms with Gasteiger partial charge < -0.3 is 5.32 Å². The lowest BCUT2D eigenvalue weighted by Crippen LogP contribution is -2.13. The summed E-state index contributed by atoms with van der Waals surface area (Å²) in [5, 5.41) is 13.5. The number of anilines is 1. The van der Waals surface area contributed by atoms with E-state index >= 15 is 0 Å². The zero-order valence-corrected chi connectivity index (χ0v) is 12.0. The molecule has 0 saturated heterocycles. The van der Waals surface area contributed by atoms with E-state index in [2.05, 4.69) is 20.8 Å². The lowest BCUT2D eigenvalue weighted by molar-refractivity contribution is 0.102. The minimum Gasteiger partial charge on any atom is -0.322 e. The maximum Gasteiger partial charge on any atom is 0.255 e. The average Bonchev–Trinajstić information content (AvgIpc) is 3.00. The Bertz CT molecular complexity index is 844. The first-order valence-electron chi connectivity index (χ1n) is 6.64. The van der Waals surface area contributed by atoms with Crippen LogP contribution in [0.25, 0.3) is 5.69 Å². The third-order valence-electron chi connectivity index (χ3n) is 3.18. The lowest BCUT2D eigenvalue weighted by atomic mass is 10.1. The number of aromatic nitrogens is 4. The van der Waals surface area contributed by atoms with Gasteiger partial charge in [-0.05, 0) is 53.2 Å². The molecule has 8 heteroatoms. The van der Waals surface area contributed by atoms with E-state index in [1.165, 1.54) is 11.0 Å². The number of aryl methyl sites for hydroxylation is 1. The van der Waals surface area contributed by atoms with E-state index < -0.39 is 17.5 Å². The lowest BCUT2D eigenvalue weighted by Gasteiger charge is -2.09. The number of tetrazole rings is 1. The molecule has 6 nitrogen and oxygen atoms in total. The SMILES string of the molecule is Cc1cc(NC(=O)c2cc(F)cc(F)c2)ccc1-n1cnnn1. The van der Waals surface area contributed by atoms with Gasteiger partial charge in [0.15, 0.2) is 0 Å². The molecule has 1 N–H and O–H groups in total. The van der Waals surface area contributed by atoms with Crippen molar-refractivity contribution in [2.45, 2.75) is 6.92 Å². The first-order chi connectivity index (χ1) is 11.0. The van der Waals surface area contributed by atoms with Gasteiger partial charge in [0.25, 0.3) is 5.91 Å². The molecule has 0 radical (unpaired) electrons. The fourth-order valence-corrected chi connectivity index (χ4v) is 2.15. The van der Waals surface area contributed by atoms with Crippen LogP contribution in [0, 0.1) is 18.6 Å². The van der Waals surface area contributed by atoms with Crippen molar-refractivity contribution in [3.63, 3.8) is 0 Å². The molecule has 0 fully saturated rings. The Labute approximate surface area is 129 Å². The van der Waals surface area contributed by atoms with Gasteiger partial charge in [-0.1, -0.05) is 0 Å². The fraction of sp³-hybridized carbons (Fsp3) is 0.0667. The molecule has 0 spiro atoms. The number of carbonyl (C=O) groups is 1. The maximum absolute atomic E-state index is 13.2. The molecule has 1 aromatic heterocycles. The number of hydrogen-bond acceptors (Lipinski definition) is 4. The predicted molar refractivity (Wildman–Crippen MR) is 78.2 cm³/mol. The Morgan fingerprint density at radius 3 is 2.48 bits per heavy atom. The van der Waals surface area contributed by atoms with Gasteiger partial charge in [0.05, 0.1) is 5.69 Å². The number of nitrogens with zero attached hydrogens (tertiary/aromatic N) is 4.